The van der Waals surface area contributed by atoms with E-state index in [4.69, 9.17) is 0 Å². The van der Waals surface area contributed by atoms with Crippen molar-refractivity contribution in [2.75, 3.05) is 25.4 Å². The van der Waals surface area contributed by atoms with E-state index in [0.29, 0.717) is 17.7 Å². The van der Waals surface area contributed by atoms with E-state index in [9.17, 15) is 8.42 Å². The molecule has 2 rings (SSSR count). The molecule has 0 saturated carbocycles. The molecule has 0 aromatic carbocycles. The molecule has 2 atom stereocenters. The van der Waals surface area contributed by atoms with Gasteiger partial charge in [0, 0.05) is 19.1 Å². The molecule has 0 aromatic rings. The van der Waals surface area contributed by atoms with Crippen molar-refractivity contribution in [3.8, 4) is 0 Å². The summed E-state index contributed by atoms with van der Waals surface area (Å²) in [4.78, 5) is 0. The smallest absolute Gasteiger partial charge is 0.214 e. The summed E-state index contributed by atoms with van der Waals surface area (Å²) in [7, 11) is -3.02. The quantitative estimate of drug-likeness (QED) is 0.813. The van der Waals surface area contributed by atoms with Gasteiger partial charge in [-0.3, -0.25) is 0 Å². The minimum Gasteiger partial charge on any atom is -0.314 e. The highest BCUT2D eigenvalue weighted by Gasteiger charge is 2.31. The monoisotopic (exact) mass is 288 g/mol. The first-order chi connectivity index (χ1) is 9.12. The van der Waals surface area contributed by atoms with Crippen molar-refractivity contribution >= 4 is 10.0 Å². The van der Waals surface area contributed by atoms with Crippen molar-refractivity contribution in [1.29, 1.82) is 0 Å². The maximum absolute atomic E-state index is 12.3. The predicted octanol–water partition coefficient (Wildman–Crippen LogP) is 1.97. The first-order valence-electron chi connectivity index (χ1n) is 7.83. The van der Waals surface area contributed by atoms with Gasteiger partial charge in [-0.05, 0) is 44.6 Å². The lowest BCUT2D eigenvalue weighted by Gasteiger charge is -2.24. The normalized spacial score (nSPS) is 29.7. The minimum atomic E-state index is -3.02. The Kier molecular flexibility index (Phi) is 5.66. The number of hydrogen-bond acceptors (Lipinski definition) is 3. The molecule has 2 heterocycles. The number of hydrogen-bond donors (Lipinski definition) is 1. The lowest BCUT2D eigenvalue weighted by Crippen LogP contribution is -2.38. The van der Waals surface area contributed by atoms with Crippen LogP contribution in [0.4, 0.5) is 0 Å². The summed E-state index contributed by atoms with van der Waals surface area (Å²) >= 11 is 0. The summed E-state index contributed by atoms with van der Waals surface area (Å²) in [5, 5.41) is 3.43. The van der Waals surface area contributed by atoms with Crippen LogP contribution in [-0.4, -0.2) is 44.2 Å². The highest BCUT2D eigenvalue weighted by atomic mass is 32.2. The van der Waals surface area contributed by atoms with Crippen molar-refractivity contribution in [3.05, 3.63) is 0 Å². The maximum Gasteiger partial charge on any atom is 0.214 e. The Morgan fingerprint density at radius 2 is 2.05 bits per heavy atom. The lowest BCUT2D eigenvalue weighted by molar-refractivity contribution is 0.387. The molecule has 4 nitrogen and oxygen atoms in total. The van der Waals surface area contributed by atoms with Crippen molar-refractivity contribution in [2.45, 2.75) is 57.9 Å². The van der Waals surface area contributed by atoms with E-state index in [1.165, 1.54) is 12.8 Å². The van der Waals surface area contributed by atoms with Crippen LogP contribution in [-0.2, 0) is 10.0 Å². The number of piperidine rings is 1. The van der Waals surface area contributed by atoms with Crippen molar-refractivity contribution in [1.82, 2.24) is 9.62 Å². The fourth-order valence-corrected chi connectivity index (χ4v) is 4.95. The molecule has 5 heteroatoms. The van der Waals surface area contributed by atoms with Crippen molar-refractivity contribution < 1.29 is 8.42 Å². The Hall–Kier alpha value is -0.130. The molecular formula is C14H28N2O2S. The molecule has 0 aliphatic carbocycles. The SMILES string of the molecule is CCCC1CCN(S(=O)(=O)CCC2CCCCN2)C1. The first-order valence-corrected chi connectivity index (χ1v) is 9.44. The minimum absolute atomic E-state index is 0.323. The molecule has 2 unspecified atom stereocenters. The number of rotatable bonds is 6. The molecule has 112 valence electrons. The second kappa shape index (κ2) is 7.04. The van der Waals surface area contributed by atoms with Gasteiger partial charge in [0.2, 0.25) is 10.0 Å². The van der Waals surface area contributed by atoms with Crippen LogP contribution in [0.25, 0.3) is 0 Å². The van der Waals surface area contributed by atoms with Crippen LogP contribution < -0.4 is 5.32 Å². The standard InChI is InChI=1S/C14H28N2O2S/c1-2-5-13-7-10-16(12-13)19(17,18)11-8-14-6-3-4-9-15-14/h13-15H,2-12H2,1H3. The summed E-state index contributed by atoms with van der Waals surface area (Å²) in [6.45, 7) is 4.72. The van der Waals surface area contributed by atoms with Gasteiger partial charge in [-0.15, -0.1) is 0 Å². The summed E-state index contributed by atoms with van der Waals surface area (Å²) in [5.41, 5.74) is 0. The van der Waals surface area contributed by atoms with Gasteiger partial charge in [-0.25, -0.2) is 12.7 Å². The highest BCUT2D eigenvalue weighted by Crippen LogP contribution is 2.24. The van der Waals surface area contributed by atoms with Gasteiger partial charge in [-0.1, -0.05) is 19.8 Å². The first kappa shape index (κ1) is 15.3. The zero-order chi connectivity index (χ0) is 13.7. The second-order valence-corrected chi connectivity index (χ2v) is 8.14. The van der Waals surface area contributed by atoms with E-state index in [-0.39, 0.29) is 0 Å². The number of nitrogens with one attached hydrogen (secondary N) is 1. The van der Waals surface area contributed by atoms with Gasteiger partial charge in [0.25, 0.3) is 0 Å². The fourth-order valence-electron chi connectivity index (χ4n) is 3.28. The lowest BCUT2D eigenvalue weighted by atomic mass is 10.0. The Balaban J connectivity index is 1.78. The fraction of sp³-hybridized carbons (Fsp3) is 1.00. The predicted molar refractivity (Wildman–Crippen MR) is 78.6 cm³/mol. The molecule has 2 saturated heterocycles. The summed E-state index contributed by atoms with van der Waals surface area (Å²) in [6, 6.07) is 0.414. The Labute approximate surface area is 118 Å². The highest BCUT2D eigenvalue weighted by molar-refractivity contribution is 7.89. The molecule has 2 aliphatic rings. The Morgan fingerprint density at radius 3 is 2.74 bits per heavy atom. The van der Waals surface area contributed by atoms with Crippen LogP contribution in [0.1, 0.15) is 51.9 Å². The van der Waals surface area contributed by atoms with E-state index in [2.05, 4.69) is 12.2 Å². The van der Waals surface area contributed by atoms with Crippen LogP contribution in [0.3, 0.4) is 0 Å². The zero-order valence-electron chi connectivity index (χ0n) is 12.1. The van der Waals surface area contributed by atoms with Crippen LogP contribution in [0.15, 0.2) is 0 Å². The zero-order valence-corrected chi connectivity index (χ0v) is 12.9. The third-order valence-electron chi connectivity index (χ3n) is 4.48. The van der Waals surface area contributed by atoms with E-state index in [1.54, 1.807) is 4.31 Å². The largest absolute Gasteiger partial charge is 0.314 e. The average Bonchev–Trinajstić information content (AvgIpc) is 2.88. The molecule has 19 heavy (non-hydrogen) atoms. The van der Waals surface area contributed by atoms with E-state index < -0.39 is 10.0 Å². The molecule has 2 fully saturated rings. The van der Waals surface area contributed by atoms with Crippen molar-refractivity contribution in [2.24, 2.45) is 5.92 Å². The van der Waals surface area contributed by atoms with Gasteiger partial charge in [0.1, 0.15) is 0 Å². The van der Waals surface area contributed by atoms with Gasteiger partial charge < -0.3 is 5.32 Å². The van der Waals surface area contributed by atoms with Gasteiger partial charge in [-0.2, -0.15) is 0 Å². The molecule has 0 aromatic heterocycles. The molecule has 0 amide bonds. The third-order valence-corrected chi connectivity index (χ3v) is 6.35. The summed E-state index contributed by atoms with van der Waals surface area (Å²) < 4.78 is 26.4. The molecule has 0 radical (unpaired) electrons. The topological polar surface area (TPSA) is 49.4 Å². The maximum atomic E-state index is 12.3. The second-order valence-electron chi connectivity index (χ2n) is 6.05. The molecule has 2 aliphatic heterocycles. The Bertz CT molecular complexity index is 364. The van der Waals surface area contributed by atoms with E-state index >= 15 is 0 Å². The summed E-state index contributed by atoms with van der Waals surface area (Å²) in [5.74, 6) is 0.913. The number of sulfonamides is 1. The van der Waals surface area contributed by atoms with Gasteiger partial charge in [0.15, 0.2) is 0 Å². The molecule has 0 bridgehead atoms. The van der Waals surface area contributed by atoms with E-state index in [1.807, 2.05) is 0 Å². The van der Waals surface area contributed by atoms with Crippen LogP contribution in [0.2, 0.25) is 0 Å². The Morgan fingerprint density at radius 1 is 1.21 bits per heavy atom. The third kappa shape index (κ3) is 4.43. The molecule has 1 N–H and O–H groups in total. The molecular weight excluding hydrogens is 260 g/mol. The number of nitrogens with zero attached hydrogens (tertiary/aromatic N) is 1. The van der Waals surface area contributed by atoms with Gasteiger partial charge in [0.05, 0.1) is 5.75 Å². The van der Waals surface area contributed by atoms with Crippen molar-refractivity contribution in [3.63, 3.8) is 0 Å². The van der Waals surface area contributed by atoms with Crippen LogP contribution in [0, 0.1) is 5.92 Å². The van der Waals surface area contributed by atoms with E-state index in [0.717, 1.165) is 51.7 Å². The van der Waals surface area contributed by atoms with Gasteiger partial charge >= 0.3 is 0 Å². The molecule has 0 spiro atoms. The summed E-state index contributed by atoms with van der Waals surface area (Å²) in [6.07, 6.45) is 7.74. The van der Waals surface area contributed by atoms with Crippen LogP contribution >= 0.6 is 0 Å². The average molecular weight is 288 g/mol. The van der Waals surface area contributed by atoms with Crippen LogP contribution in [0.5, 0.6) is 0 Å².